The highest BCUT2D eigenvalue weighted by molar-refractivity contribution is 9.10. The van der Waals surface area contributed by atoms with Crippen LogP contribution in [0, 0.1) is 6.92 Å². The first-order valence-corrected chi connectivity index (χ1v) is 12.2. The number of halogens is 3. The van der Waals surface area contributed by atoms with Gasteiger partial charge in [-0.05, 0) is 66.6 Å². The number of hydrogen-bond donors (Lipinski definition) is 3. The number of anilines is 2. The lowest BCUT2D eigenvalue weighted by atomic mass is 10.2. The van der Waals surface area contributed by atoms with E-state index in [-0.39, 0.29) is 28.2 Å². The molecule has 0 aliphatic carbocycles. The molecule has 0 saturated heterocycles. The van der Waals surface area contributed by atoms with Gasteiger partial charge in [-0.3, -0.25) is 14.4 Å². The van der Waals surface area contributed by atoms with E-state index >= 15 is 0 Å². The van der Waals surface area contributed by atoms with Crippen molar-refractivity contribution in [2.45, 2.75) is 6.92 Å². The van der Waals surface area contributed by atoms with Gasteiger partial charge in [0.05, 0.1) is 29.1 Å². The first kappa shape index (κ1) is 28.0. The molecular formula is C25H21BrCl2N4O5. The van der Waals surface area contributed by atoms with E-state index in [9.17, 15) is 14.4 Å². The van der Waals surface area contributed by atoms with Crippen LogP contribution in [0.2, 0.25) is 10.0 Å². The van der Waals surface area contributed by atoms with Crippen molar-refractivity contribution in [3.63, 3.8) is 0 Å². The Hall–Kier alpha value is -3.60. The smallest absolute Gasteiger partial charge is 0.329 e. The summed E-state index contributed by atoms with van der Waals surface area (Å²) >= 11 is 15.3. The quantitative estimate of drug-likeness (QED) is 0.185. The van der Waals surface area contributed by atoms with Crippen molar-refractivity contribution in [3.05, 3.63) is 80.2 Å². The maximum atomic E-state index is 12.3. The molecule has 3 amide bonds. The van der Waals surface area contributed by atoms with E-state index in [2.05, 4.69) is 37.1 Å². The highest BCUT2D eigenvalue weighted by atomic mass is 79.9. The fourth-order valence-electron chi connectivity index (χ4n) is 2.98. The van der Waals surface area contributed by atoms with Crippen LogP contribution >= 0.6 is 39.1 Å². The first-order valence-electron chi connectivity index (χ1n) is 10.6. The fourth-order valence-corrected chi connectivity index (χ4v) is 3.80. The van der Waals surface area contributed by atoms with Gasteiger partial charge in [-0.1, -0.05) is 45.2 Å². The van der Waals surface area contributed by atoms with Crippen molar-refractivity contribution in [3.8, 4) is 11.5 Å². The van der Waals surface area contributed by atoms with Crippen LogP contribution in [0.5, 0.6) is 11.5 Å². The van der Waals surface area contributed by atoms with Gasteiger partial charge in [0, 0.05) is 10.2 Å². The van der Waals surface area contributed by atoms with Crippen molar-refractivity contribution in [1.82, 2.24) is 5.43 Å². The third kappa shape index (κ3) is 7.94. The molecule has 3 N–H and O–H groups in total. The van der Waals surface area contributed by atoms with Gasteiger partial charge in [0.25, 0.3) is 5.91 Å². The molecule has 0 radical (unpaired) electrons. The Kier molecular flexibility index (Phi) is 9.90. The van der Waals surface area contributed by atoms with Gasteiger partial charge in [-0.2, -0.15) is 5.10 Å². The summed E-state index contributed by atoms with van der Waals surface area (Å²) in [6, 6.07) is 15.0. The third-order valence-corrected chi connectivity index (χ3v) is 6.11. The molecular weight excluding hydrogens is 587 g/mol. The second-order valence-corrected chi connectivity index (χ2v) is 9.16. The summed E-state index contributed by atoms with van der Waals surface area (Å²) < 4.78 is 11.8. The minimum atomic E-state index is -1.01. The van der Waals surface area contributed by atoms with Gasteiger partial charge < -0.3 is 20.1 Å². The molecule has 37 heavy (non-hydrogen) atoms. The summed E-state index contributed by atoms with van der Waals surface area (Å²) in [5, 5.41) is 9.28. The second kappa shape index (κ2) is 13.1. The number of ether oxygens (including phenoxy) is 2. The summed E-state index contributed by atoms with van der Waals surface area (Å²) in [4.78, 5) is 36.4. The minimum absolute atomic E-state index is 0.115. The number of hydrogen-bond acceptors (Lipinski definition) is 6. The molecule has 0 aromatic heterocycles. The van der Waals surface area contributed by atoms with Gasteiger partial charge in [0.15, 0.2) is 18.1 Å². The molecule has 0 aliphatic heterocycles. The Bertz CT molecular complexity index is 1370. The highest BCUT2D eigenvalue weighted by Gasteiger charge is 2.15. The average molecular weight is 608 g/mol. The lowest BCUT2D eigenvalue weighted by Crippen LogP contribution is -2.32. The number of aryl methyl sites for hydroxylation is 1. The third-order valence-electron chi connectivity index (χ3n) is 4.79. The Morgan fingerprint density at radius 1 is 0.973 bits per heavy atom. The number of nitrogens with zero attached hydrogens (tertiary/aromatic N) is 1. The summed E-state index contributed by atoms with van der Waals surface area (Å²) in [7, 11) is 1.45. The van der Waals surface area contributed by atoms with E-state index < -0.39 is 11.8 Å². The summed E-state index contributed by atoms with van der Waals surface area (Å²) in [5.74, 6) is -1.64. The van der Waals surface area contributed by atoms with Crippen molar-refractivity contribution < 1.29 is 23.9 Å². The molecule has 0 aliphatic rings. The normalized spacial score (nSPS) is 10.6. The Morgan fingerprint density at radius 3 is 2.49 bits per heavy atom. The lowest BCUT2D eigenvalue weighted by Gasteiger charge is -2.12. The molecule has 9 nitrogen and oxygen atoms in total. The second-order valence-electron chi connectivity index (χ2n) is 7.46. The van der Waals surface area contributed by atoms with Crippen molar-refractivity contribution >= 4 is 74.4 Å². The van der Waals surface area contributed by atoms with E-state index in [1.54, 1.807) is 36.4 Å². The zero-order chi connectivity index (χ0) is 26.9. The monoisotopic (exact) mass is 606 g/mol. The summed E-state index contributed by atoms with van der Waals surface area (Å²) in [6.07, 6.45) is 1.31. The number of rotatable bonds is 8. The SMILES string of the molecule is COc1cc(/C=N\NC(=O)C(=O)Nc2cccc(Cl)c2Cl)ccc1OCC(=O)Nc1ccc(Br)cc1C. The Morgan fingerprint density at radius 2 is 1.76 bits per heavy atom. The van der Waals surface area contributed by atoms with Gasteiger partial charge in [0.1, 0.15) is 0 Å². The van der Waals surface area contributed by atoms with E-state index in [4.69, 9.17) is 32.7 Å². The highest BCUT2D eigenvalue weighted by Crippen LogP contribution is 2.30. The number of nitrogens with one attached hydrogen (secondary N) is 3. The van der Waals surface area contributed by atoms with Crippen LogP contribution in [-0.2, 0) is 14.4 Å². The van der Waals surface area contributed by atoms with Crippen molar-refractivity contribution in [1.29, 1.82) is 0 Å². The maximum Gasteiger partial charge on any atom is 0.329 e. The van der Waals surface area contributed by atoms with E-state index in [1.807, 2.05) is 19.1 Å². The van der Waals surface area contributed by atoms with Crippen LogP contribution in [0.25, 0.3) is 0 Å². The van der Waals surface area contributed by atoms with E-state index in [1.165, 1.54) is 19.4 Å². The van der Waals surface area contributed by atoms with Crippen LogP contribution in [-0.4, -0.2) is 37.7 Å². The van der Waals surface area contributed by atoms with Crippen molar-refractivity contribution in [2.24, 2.45) is 5.10 Å². The first-order chi connectivity index (χ1) is 17.7. The topological polar surface area (TPSA) is 118 Å². The number of benzene rings is 3. The fraction of sp³-hybridized carbons (Fsp3) is 0.120. The predicted octanol–water partition coefficient (Wildman–Crippen LogP) is 5.18. The molecule has 3 aromatic rings. The van der Waals surface area contributed by atoms with Gasteiger partial charge >= 0.3 is 11.8 Å². The number of methoxy groups -OCH3 is 1. The number of amides is 3. The minimum Gasteiger partial charge on any atom is -0.493 e. The lowest BCUT2D eigenvalue weighted by molar-refractivity contribution is -0.136. The van der Waals surface area contributed by atoms with Crippen LogP contribution in [0.4, 0.5) is 11.4 Å². The molecule has 3 aromatic carbocycles. The van der Waals surface area contributed by atoms with Gasteiger partial charge in [-0.25, -0.2) is 5.43 Å². The molecule has 0 atom stereocenters. The Labute approximate surface area is 231 Å². The molecule has 0 saturated carbocycles. The van der Waals surface area contributed by atoms with Crippen LogP contribution < -0.4 is 25.5 Å². The van der Waals surface area contributed by atoms with E-state index in [0.29, 0.717) is 22.7 Å². The average Bonchev–Trinajstić information content (AvgIpc) is 2.87. The molecule has 12 heteroatoms. The van der Waals surface area contributed by atoms with Crippen LogP contribution in [0.3, 0.4) is 0 Å². The molecule has 0 unspecified atom stereocenters. The van der Waals surface area contributed by atoms with Gasteiger partial charge in [0.2, 0.25) is 0 Å². The number of hydrazone groups is 1. The molecule has 192 valence electrons. The maximum absolute atomic E-state index is 12.3. The summed E-state index contributed by atoms with van der Waals surface area (Å²) in [5.41, 5.74) is 4.44. The van der Waals surface area contributed by atoms with Crippen molar-refractivity contribution in [2.75, 3.05) is 24.4 Å². The molecule has 0 heterocycles. The standard InChI is InChI=1S/C25H21BrCl2N4O5/c1-14-10-16(26)7-8-18(14)30-22(33)13-37-20-9-6-15(11-21(20)36-2)12-29-32-25(35)24(34)31-19-5-3-4-17(27)23(19)28/h3-12H,13H2,1-2H3,(H,30,33)(H,31,34)(H,32,35)/b29-12-. The summed E-state index contributed by atoms with van der Waals surface area (Å²) in [6.45, 7) is 1.65. The molecule has 0 bridgehead atoms. The van der Waals surface area contributed by atoms with Crippen LogP contribution in [0.15, 0.2) is 64.2 Å². The predicted molar refractivity (Wildman–Crippen MR) is 147 cm³/mol. The molecule has 3 rings (SSSR count). The zero-order valence-corrected chi connectivity index (χ0v) is 22.7. The number of carbonyl (C=O) groups is 3. The Balaban J connectivity index is 1.55. The zero-order valence-electron chi connectivity index (χ0n) is 19.6. The van der Waals surface area contributed by atoms with Gasteiger partial charge in [-0.15, -0.1) is 0 Å². The molecule has 0 fully saturated rings. The van der Waals surface area contributed by atoms with E-state index in [0.717, 1.165) is 10.0 Å². The number of carbonyl (C=O) groups excluding carboxylic acids is 3. The largest absolute Gasteiger partial charge is 0.493 e. The van der Waals surface area contributed by atoms with Crippen LogP contribution in [0.1, 0.15) is 11.1 Å². The molecule has 0 spiro atoms.